The molecule has 1 aromatic rings. The van der Waals surface area contributed by atoms with Crippen LogP contribution < -0.4 is 0 Å². The highest BCUT2D eigenvalue weighted by molar-refractivity contribution is 8.17. The van der Waals surface area contributed by atoms with E-state index < -0.39 is 23.2 Å². The molecule has 1 saturated heterocycles. The van der Waals surface area contributed by atoms with Crippen LogP contribution in [0.4, 0.5) is 5.69 Å². The first-order valence-electron chi connectivity index (χ1n) is 5.96. The second-order valence-corrected chi connectivity index (χ2v) is 7.01. The zero-order valence-electron chi connectivity index (χ0n) is 10.6. The van der Waals surface area contributed by atoms with E-state index >= 15 is 0 Å². The van der Waals surface area contributed by atoms with Crippen molar-refractivity contribution in [2.75, 3.05) is 5.75 Å². The number of aliphatic hydroxyl groups is 2. The fourth-order valence-electron chi connectivity index (χ4n) is 1.83. The van der Waals surface area contributed by atoms with Gasteiger partial charge in [-0.15, -0.1) is 23.5 Å². The fraction of sp³-hybridized carbons (Fsp3) is 0.455. The van der Waals surface area contributed by atoms with Gasteiger partial charge in [-0.2, -0.15) is 0 Å². The van der Waals surface area contributed by atoms with Crippen LogP contribution >= 0.6 is 23.5 Å². The molecule has 1 heterocycles. The maximum absolute atomic E-state index is 10.6. The molecule has 112 valence electrons. The second kappa shape index (κ2) is 7.01. The molecule has 0 spiro atoms. The summed E-state index contributed by atoms with van der Waals surface area (Å²) in [6.45, 7) is 0. The van der Waals surface area contributed by atoms with Gasteiger partial charge in [0.2, 0.25) is 0 Å². The highest BCUT2D eigenvalue weighted by Crippen LogP contribution is 2.39. The lowest BCUT2D eigenvalue weighted by molar-refractivity contribution is -0.384. The van der Waals surface area contributed by atoms with Crippen LogP contribution in [0.3, 0.4) is 0 Å². The maximum atomic E-state index is 10.6. The van der Waals surface area contributed by atoms with Gasteiger partial charge in [0.1, 0.15) is 6.10 Å². The highest BCUT2D eigenvalue weighted by Gasteiger charge is 2.38. The van der Waals surface area contributed by atoms with E-state index in [1.807, 2.05) is 0 Å². The van der Waals surface area contributed by atoms with E-state index in [1.54, 1.807) is 12.1 Å². The SMILES string of the molecule is [N-]=[N+]=N[C@@H]1CS[C@@H](Sc2ccc([N+](=O)[O-])cc2)[C@H](O)[C@H]1O. The summed E-state index contributed by atoms with van der Waals surface area (Å²) in [4.78, 5) is 13.5. The molecule has 1 aromatic carbocycles. The standard InChI is InChI=1S/C11H12N4O4S2/c12-14-13-8-5-20-11(10(17)9(8)16)21-7-3-1-6(2-4-7)15(18)19/h1-4,8-11,16-17H,5H2/t8-,9+,10-,11+/m1/s1. The Labute approximate surface area is 128 Å². The molecule has 1 aliphatic rings. The van der Waals surface area contributed by atoms with Crippen LogP contribution in [-0.4, -0.2) is 43.7 Å². The zero-order valence-corrected chi connectivity index (χ0v) is 12.3. The number of benzene rings is 1. The minimum atomic E-state index is -1.11. The second-order valence-electron chi connectivity index (χ2n) is 4.32. The van der Waals surface area contributed by atoms with Crippen molar-refractivity contribution in [1.29, 1.82) is 0 Å². The van der Waals surface area contributed by atoms with Crippen molar-refractivity contribution in [1.82, 2.24) is 0 Å². The van der Waals surface area contributed by atoms with E-state index in [4.69, 9.17) is 5.53 Å². The number of nitrogens with zero attached hydrogens (tertiary/aromatic N) is 4. The van der Waals surface area contributed by atoms with Crippen molar-refractivity contribution in [3.8, 4) is 0 Å². The number of nitro groups is 1. The molecule has 8 nitrogen and oxygen atoms in total. The Hall–Kier alpha value is -1.45. The zero-order chi connectivity index (χ0) is 15.4. The van der Waals surface area contributed by atoms with Crippen LogP contribution in [0.5, 0.6) is 0 Å². The topological polar surface area (TPSA) is 132 Å². The molecule has 0 amide bonds. The molecule has 0 aromatic heterocycles. The number of azide groups is 1. The van der Waals surface area contributed by atoms with E-state index in [2.05, 4.69) is 10.0 Å². The minimum Gasteiger partial charge on any atom is -0.390 e. The van der Waals surface area contributed by atoms with Crippen molar-refractivity contribution in [3.63, 3.8) is 0 Å². The van der Waals surface area contributed by atoms with Crippen molar-refractivity contribution in [2.24, 2.45) is 5.11 Å². The number of nitro benzene ring substituents is 1. The van der Waals surface area contributed by atoms with Gasteiger partial charge in [0.15, 0.2) is 0 Å². The summed E-state index contributed by atoms with van der Waals surface area (Å²) in [5.74, 6) is 0.410. The van der Waals surface area contributed by atoms with Crippen molar-refractivity contribution < 1.29 is 15.1 Å². The van der Waals surface area contributed by atoms with E-state index in [0.29, 0.717) is 5.75 Å². The molecule has 0 aliphatic carbocycles. The minimum absolute atomic E-state index is 0.000322. The van der Waals surface area contributed by atoms with E-state index in [1.165, 1.54) is 35.7 Å². The summed E-state index contributed by atoms with van der Waals surface area (Å²) in [5.41, 5.74) is 8.39. The first-order chi connectivity index (χ1) is 10.0. The number of aliphatic hydroxyl groups excluding tert-OH is 2. The number of thioether (sulfide) groups is 2. The summed E-state index contributed by atoms with van der Waals surface area (Å²) < 4.78 is -0.327. The Balaban J connectivity index is 2.03. The lowest BCUT2D eigenvalue weighted by Crippen LogP contribution is -2.46. The van der Waals surface area contributed by atoms with Crippen LogP contribution in [0.1, 0.15) is 0 Å². The highest BCUT2D eigenvalue weighted by atomic mass is 32.2. The van der Waals surface area contributed by atoms with Crippen molar-refractivity contribution in [2.45, 2.75) is 27.7 Å². The molecule has 0 unspecified atom stereocenters. The largest absolute Gasteiger partial charge is 0.390 e. The molecule has 1 fully saturated rings. The first-order valence-corrected chi connectivity index (χ1v) is 7.89. The lowest BCUT2D eigenvalue weighted by Gasteiger charge is -2.34. The first kappa shape index (κ1) is 15.9. The third-order valence-electron chi connectivity index (χ3n) is 2.95. The normalized spacial score (nSPS) is 28.7. The van der Waals surface area contributed by atoms with E-state index in [9.17, 15) is 20.3 Å². The number of hydrogen-bond donors (Lipinski definition) is 2. The molecule has 0 saturated carbocycles. The molecule has 4 atom stereocenters. The number of non-ortho nitro benzene ring substituents is 1. The molecule has 2 N–H and O–H groups in total. The van der Waals surface area contributed by atoms with Gasteiger partial charge in [0.25, 0.3) is 5.69 Å². The Morgan fingerprint density at radius 2 is 2.05 bits per heavy atom. The molecule has 1 aliphatic heterocycles. The smallest absolute Gasteiger partial charge is 0.269 e. The van der Waals surface area contributed by atoms with Gasteiger partial charge in [-0.25, -0.2) is 0 Å². The molecule has 0 radical (unpaired) electrons. The third-order valence-corrected chi connectivity index (χ3v) is 5.85. The van der Waals surface area contributed by atoms with Gasteiger partial charge in [-0.1, -0.05) is 5.11 Å². The molecular weight excluding hydrogens is 316 g/mol. The van der Waals surface area contributed by atoms with Gasteiger partial charge in [0.05, 0.1) is 21.7 Å². The van der Waals surface area contributed by atoms with Gasteiger partial charge in [-0.05, 0) is 17.7 Å². The van der Waals surface area contributed by atoms with Gasteiger partial charge in [0, 0.05) is 27.7 Å². The molecular formula is C11H12N4O4S2. The number of rotatable bonds is 4. The lowest BCUT2D eigenvalue weighted by atomic mass is 10.1. The molecule has 21 heavy (non-hydrogen) atoms. The van der Waals surface area contributed by atoms with Crippen LogP contribution in [0.2, 0.25) is 0 Å². The van der Waals surface area contributed by atoms with Gasteiger partial charge in [-0.3, -0.25) is 10.1 Å². The van der Waals surface area contributed by atoms with Crippen molar-refractivity contribution in [3.05, 3.63) is 44.8 Å². The molecule has 10 heteroatoms. The van der Waals surface area contributed by atoms with Crippen LogP contribution in [0.25, 0.3) is 10.4 Å². The maximum Gasteiger partial charge on any atom is 0.269 e. The van der Waals surface area contributed by atoms with Gasteiger partial charge >= 0.3 is 0 Å². The Morgan fingerprint density at radius 3 is 2.62 bits per heavy atom. The quantitative estimate of drug-likeness (QED) is 0.286. The summed E-state index contributed by atoms with van der Waals surface area (Å²) in [5, 5.41) is 34.0. The summed E-state index contributed by atoms with van der Waals surface area (Å²) in [6, 6.07) is 5.33. The van der Waals surface area contributed by atoms with Crippen molar-refractivity contribution >= 4 is 29.2 Å². The average molecular weight is 328 g/mol. The Kier molecular flexibility index (Phi) is 5.32. The monoisotopic (exact) mass is 328 g/mol. The third kappa shape index (κ3) is 3.80. The van der Waals surface area contributed by atoms with E-state index in [0.717, 1.165) is 4.90 Å². The van der Waals surface area contributed by atoms with Crippen LogP contribution in [0.15, 0.2) is 34.3 Å². The summed E-state index contributed by atoms with van der Waals surface area (Å²) in [7, 11) is 0. The fourth-order valence-corrected chi connectivity index (χ4v) is 4.54. The number of hydrogen-bond acceptors (Lipinski definition) is 7. The summed E-state index contributed by atoms with van der Waals surface area (Å²) in [6.07, 6.45) is -2.16. The Morgan fingerprint density at radius 1 is 1.38 bits per heavy atom. The van der Waals surface area contributed by atoms with E-state index in [-0.39, 0.29) is 10.3 Å². The molecule has 0 bridgehead atoms. The predicted molar refractivity (Wildman–Crippen MR) is 80.1 cm³/mol. The Bertz CT molecular complexity index is 564. The summed E-state index contributed by atoms with van der Waals surface area (Å²) >= 11 is 2.70. The van der Waals surface area contributed by atoms with Gasteiger partial charge < -0.3 is 10.2 Å². The van der Waals surface area contributed by atoms with Crippen LogP contribution in [-0.2, 0) is 0 Å². The predicted octanol–water partition coefficient (Wildman–Crippen LogP) is 2.16. The van der Waals surface area contributed by atoms with Crippen LogP contribution in [0, 0.1) is 10.1 Å². The average Bonchev–Trinajstić information content (AvgIpc) is 2.47. The molecule has 2 rings (SSSR count).